The Bertz CT molecular complexity index is 919. The van der Waals surface area contributed by atoms with Crippen LogP contribution >= 0.6 is 0 Å². The molecule has 1 aliphatic heterocycles. The Morgan fingerprint density at radius 2 is 1.69 bits per heavy atom. The van der Waals surface area contributed by atoms with Crippen LogP contribution in [0, 0.1) is 5.92 Å². The number of hydrogen-bond acceptors (Lipinski definition) is 3. The van der Waals surface area contributed by atoms with Gasteiger partial charge >= 0.3 is 0 Å². The second-order valence-electron chi connectivity index (χ2n) is 8.21. The minimum absolute atomic E-state index is 0.583. The van der Waals surface area contributed by atoms with Gasteiger partial charge in [-0.1, -0.05) is 60.7 Å². The van der Waals surface area contributed by atoms with Crippen LogP contribution in [0.3, 0.4) is 0 Å². The third-order valence-electron chi connectivity index (χ3n) is 5.62. The van der Waals surface area contributed by atoms with Crippen molar-refractivity contribution in [3.63, 3.8) is 0 Å². The van der Waals surface area contributed by atoms with Gasteiger partial charge in [0.25, 0.3) is 0 Å². The van der Waals surface area contributed by atoms with Gasteiger partial charge in [-0.05, 0) is 67.7 Å². The fourth-order valence-corrected chi connectivity index (χ4v) is 3.86. The molecule has 0 radical (unpaired) electrons. The maximum atomic E-state index is 6.06. The number of rotatable bonds is 7. The van der Waals surface area contributed by atoms with Gasteiger partial charge in [-0.25, -0.2) is 0 Å². The van der Waals surface area contributed by atoms with E-state index in [1.54, 1.807) is 0 Å². The first-order valence-corrected chi connectivity index (χ1v) is 10.5. The van der Waals surface area contributed by atoms with Crippen molar-refractivity contribution in [1.82, 2.24) is 4.90 Å². The van der Waals surface area contributed by atoms with Crippen molar-refractivity contribution >= 4 is 5.69 Å². The first-order chi connectivity index (χ1) is 14.2. The molecule has 0 aromatic heterocycles. The molecule has 4 rings (SSSR count). The van der Waals surface area contributed by atoms with Gasteiger partial charge in [-0.2, -0.15) is 0 Å². The van der Waals surface area contributed by atoms with E-state index in [0.717, 1.165) is 25.3 Å². The molecule has 3 nitrogen and oxygen atoms in total. The van der Waals surface area contributed by atoms with Crippen LogP contribution in [0.2, 0.25) is 0 Å². The monoisotopic (exact) mass is 386 g/mol. The summed E-state index contributed by atoms with van der Waals surface area (Å²) in [5, 5.41) is 3.60. The lowest BCUT2D eigenvalue weighted by atomic mass is 9.91. The molecular weight excluding hydrogens is 356 g/mol. The second-order valence-corrected chi connectivity index (χ2v) is 8.21. The molecule has 3 aromatic rings. The third-order valence-corrected chi connectivity index (χ3v) is 5.62. The minimum Gasteiger partial charge on any atom is -0.489 e. The van der Waals surface area contributed by atoms with Crippen molar-refractivity contribution in [2.75, 3.05) is 32.5 Å². The SMILES string of the molecule is CN(C)CCC1CNc2cc(OCc3ccc(-c4ccccc4)cc3)ccc2C1. The topological polar surface area (TPSA) is 24.5 Å². The molecule has 1 N–H and O–H groups in total. The Kier molecular flexibility index (Phi) is 6.16. The van der Waals surface area contributed by atoms with Crippen molar-refractivity contribution in [2.45, 2.75) is 19.4 Å². The fraction of sp³-hybridized carbons (Fsp3) is 0.308. The van der Waals surface area contributed by atoms with Gasteiger partial charge < -0.3 is 15.0 Å². The van der Waals surface area contributed by atoms with Crippen LogP contribution in [0.15, 0.2) is 72.8 Å². The van der Waals surface area contributed by atoms with Crippen molar-refractivity contribution in [3.05, 3.63) is 83.9 Å². The van der Waals surface area contributed by atoms with Crippen molar-refractivity contribution in [1.29, 1.82) is 0 Å². The summed E-state index contributed by atoms with van der Waals surface area (Å²) in [4.78, 5) is 2.26. The van der Waals surface area contributed by atoms with E-state index in [2.05, 4.69) is 91.0 Å². The van der Waals surface area contributed by atoms with Crippen LogP contribution in [0.1, 0.15) is 17.5 Å². The zero-order valence-corrected chi connectivity index (χ0v) is 17.4. The standard InChI is InChI=1S/C26H30N2O/c1-28(2)15-14-21-16-24-12-13-25(17-26(24)27-18-21)29-19-20-8-10-23(11-9-20)22-6-4-3-5-7-22/h3-13,17,21,27H,14-16,18-19H2,1-2H3. The number of anilines is 1. The normalized spacial score (nSPS) is 15.6. The summed E-state index contributed by atoms with van der Waals surface area (Å²) in [5.74, 6) is 1.63. The molecule has 1 atom stereocenters. The first-order valence-electron chi connectivity index (χ1n) is 10.5. The van der Waals surface area contributed by atoms with Crippen LogP contribution in [-0.2, 0) is 13.0 Å². The van der Waals surface area contributed by atoms with Gasteiger partial charge in [0.2, 0.25) is 0 Å². The summed E-state index contributed by atoms with van der Waals surface area (Å²) in [6, 6.07) is 25.6. The number of benzene rings is 3. The molecule has 1 unspecified atom stereocenters. The molecule has 150 valence electrons. The summed E-state index contributed by atoms with van der Waals surface area (Å²) in [6.07, 6.45) is 2.38. The molecule has 1 aliphatic rings. The van der Waals surface area contributed by atoms with Crippen LogP contribution in [0.25, 0.3) is 11.1 Å². The predicted octanol–water partition coefficient (Wildman–Crippen LogP) is 5.47. The molecule has 0 fully saturated rings. The molecular formula is C26H30N2O. The van der Waals surface area contributed by atoms with Gasteiger partial charge in [-0.15, -0.1) is 0 Å². The zero-order chi connectivity index (χ0) is 20.1. The minimum atomic E-state index is 0.583. The molecule has 0 aliphatic carbocycles. The first kappa shape index (κ1) is 19.5. The number of hydrogen-bond donors (Lipinski definition) is 1. The summed E-state index contributed by atoms with van der Waals surface area (Å²) < 4.78 is 6.06. The van der Waals surface area contributed by atoms with Crippen molar-refractivity contribution < 1.29 is 4.74 Å². The van der Waals surface area contributed by atoms with Gasteiger partial charge in [0.1, 0.15) is 12.4 Å². The smallest absolute Gasteiger partial charge is 0.121 e. The molecule has 3 aromatic carbocycles. The lowest BCUT2D eigenvalue weighted by Crippen LogP contribution is -2.26. The number of nitrogens with one attached hydrogen (secondary N) is 1. The molecule has 0 bridgehead atoms. The Morgan fingerprint density at radius 1 is 0.931 bits per heavy atom. The molecule has 0 saturated carbocycles. The molecule has 0 saturated heterocycles. The molecule has 29 heavy (non-hydrogen) atoms. The quantitative estimate of drug-likeness (QED) is 0.583. The summed E-state index contributed by atoms with van der Waals surface area (Å²) >= 11 is 0. The largest absolute Gasteiger partial charge is 0.489 e. The lowest BCUT2D eigenvalue weighted by molar-refractivity contribution is 0.306. The predicted molar refractivity (Wildman–Crippen MR) is 122 cm³/mol. The van der Waals surface area contributed by atoms with E-state index in [1.165, 1.54) is 34.4 Å². The average molecular weight is 387 g/mol. The van der Waals surface area contributed by atoms with E-state index in [0.29, 0.717) is 12.5 Å². The highest BCUT2D eigenvalue weighted by Crippen LogP contribution is 2.30. The molecule has 0 amide bonds. The summed E-state index contributed by atoms with van der Waals surface area (Å²) in [5.41, 5.74) is 6.28. The van der Waals surface area contributed by atoms with Gasteiger partial charge in [0.05, 0.1) is 0 Å². The number of fused-ring (bicyclic) bond motifs is 1. The highest BCUT2D eigenvalue weighted by Gasteiger charge is 2.18. The average Bonchev–Trinajstić information content (AvgIpc) is 2.77. The molecule has 1 heterocycles. The van der Waals surface area contributed by atoms with Crippen LogP contribution < -0.4 is 10.1 Å². The Balaban J connectivity index is 1.34. The Labute approximate surface area is 174 Å². The van der Waals surface area contributed by atoms with Crippen LogP contribution in [0.5, 0.6) is 5.75 Å². The zero-order valence-electron chi connectivity index (χ0n) is 17.4. The third kappa shape index (κ3) is 5.18. The highest BCUT2D eigenvalue weighted by molar-refractivity contribution is 5.63. The Morgan fingerprint density at radius 3 is 2.45 bits per heavy atom. The number of ether oxygens (including phenoxy) is 1. The van der Waals surface area contributed by atoms with Gasteiger partial charge in [0, 0.05) is 18.3 Å². The van der Waals surface area contributed by atoms with E-state index < -0.39 is 0 Å². The maximum absolute atomic E-state index is 6.06. The lowest BCUT2D eigenvalue weighted by Gasteiger charge is -2.27. The van der Waals surface area contributed by atoms with Crippen molar-refractivity contribution in [3.8, 4) is 16.9 Å². The van der Waals surface area contributed by atoms with E-state index in [-0.39, 0.29) is 0 Å². The van der Waals surface area contributed by atoms with E-state index in [1.807, 2.05) is 6.07 Å². The summed E-state index contributed by atoms with van der Waals surface area (Å²) in [6.45, 7) is 2.77. The van der Waals surface area contributed by atoms with E-state index >= 15 is 0 Å². The fourth-order valence-electron chi connectivity index (χ4n) is 3.86. The Hall–Kier alpha value is -2.78. The number of nitrogens with zero attached hydrogens (tertiary/aromatic N) is 1. The van der Waals surface area contributed by atoms with Gasteiger partial charge in [0.15, 0.2) is 0 Å². The van der Waals surface area contributed by atoms with Crippen molar-refractivity contribution in [2.24, 2.45) is 5.92 Å². The second kappa shape index (κ2) is 9.15. The van der Waals surface area contributed by atoms with Gasteiger partial charge in [-0.3, -0.25) is 0 Å². The van der Waals surface area contributed by atoms with E-state index in [9.17, 15) is 0 Å². The van der Waals surface area contributed by atoms with Crippen LogP contribution in [0.4, 0.5) is 5.69 Å². The highest BCUT2D eigenvalue weighted by atomic mass is 16.5. The maximum Gasteiger partial charge on any atom is 0.121 e. The van der Waals surface area contributed by atoms with Crippen LogP contribution in [-0.4, -0.2) is 32.1 Å². The molecule has 3 heteroatoms. The van der Waals surface area contributed by atoms with E-state index in [4.69, 9.17) is 4.74 Å². The molecule has 0 spiro atoms. The summed E-state index contributed by atoms with van der Waals surface area (Å²) in [7, 11) is 4.28.